The molecule has 1 aliphatic carbocycles. The number of urea groups is 1. The van der Waals surface area contributed by atoms with Crippen LogP contribution < -0.4 is 25.4 Å². The average molecular weight is 780 g/mol. The summed E-state index contributed by atoms with van der Waals surface area (Å²) in [4.78, 5) is 22.6. The van der Waals surface area contributed by atoms with Gasteiger partial charge in [0.1, 0.15) is 17.3 Å². The molecule has 6 aromatic rings. The Morgan fingerprint density at radius 1 is 0.945 bits per heavy atom. The monoisotopic (exact) mass is 779 g/mol. The lowest BCUT2D eigenvalue weighted by Gasteiger charge is -2.15. The fourth-order valence-electron chi connectivity index (χ4n) is 6.13. The molecule has 0 saturated heterocycles. The van der Waals surface area contributed by atoms with Crippen LogP contribution in [0.2, 0.25) is 0 Å². The summed E-state index contributed by atoms with van der Waals surface area (Å²) >= 11 is 0. The molecule has 15 heteroatoms. The molecule has 0 aliphatic heterocycles. The summed E-state index contributed by atoms with van der Waals surface area (Å²) in [6.07, 6.45) is 3.29. The van der Waals surface area contributed by atoms with E-state index in [4.69, 9.17) is 14.6 Å². The van der Waals surface area contributed by atoms with Gasteiger partial charge >= 0.3 is 6.03 Å². The van der Waals surface area contributed by atoms with Crippen molar-refractivity contribution in [1.29, 1.82) is 0 Å². The van der Waals surface area contributed by atoms with Gasteiger partial charge in [0.15, 0.2) is 9.84 Å². The summed E-state index contributed by atoms with van der Waals surface area (Å²) in [5.41, 5.74) is 3.49. The molecule has 0 radical (unpaired) electrons. The van der Waals surface area contributed by atoms with E-state index in [1.165, 1.54) is 19.4 Å². The van der Waals surface area contributed by atoms with Gasteiger partial charge in [-0.15, -0.1) is 0 Å². The Labute approximate surface area is 319 Å². The van der Waals surface area contributed by atoms with Crippen molar-refractivity contribution in [2.45, 2.75) is 48.9 Å². The summed E-state index contributed by atoms with van der Waals surface area (Å²) in [6.45, 7) is 7.60. The molecular weight excluding hydrogens is 738 g/mol. The summed E-state index contributed by atoms with van der Waals surface area (Å²) in [5, 5.41) is 14.9. The lowest BCUT2D eigenvalue weighted by Crippen LogP contribution is -2.21. The topological polar surface area (TPSA) is 166 Å². The van der Waals surface area contributed by atoms with Crippen LogP contribution in [0.1, 0.15) is 43.9 Å². The van der Waals surface area contributed by atoms with Crippen molar-refractivity contribution in [3.8, 4) is 23.1 Å². The van der Waals surface area contributed by atoms with E-state index in [-0.39, 0.29) is 27.9 Å². The molecule has 13 nitrogen and oxygen atoms in total. The highest BCUT2D eigenvalue weighted by Crippen LogP contribution is 2.41. The van der Waals surface area contributed by atoms with Crippen molar-refractivity contribution in [3.63, 3.8) is 0 Å². The number of methoxy groups -OCH3 is 1. The zero-order valence-electron chi connectivity index (χ0n) is 31.1. The van der Waals surface area contributed by atoms with Gasteiger partial charge in [-0.05, 0) is 74.1 Å². The first-order valence-electron chi connectivity index (χ1n) is 17.8. The number of hydrogen-bond acceptors (Lipinski definition) is 10. The molecule has 2 aromatic heterocycles. The molecule has 7 rings (SSSR count). The molecule has 1 fully saturated rings. The molecule has 1 saturated carbocycles. The third-order valence-corrected chi connectivity index (χ3v) is 12.3. The Hall–Kier alpha value is -5.72. The van der Waals surface area contributed by atoms with Gasteiger partial charge in [0, 0.05) is 47.0 Å². The van der Waals surface area contributed by atoms with E-state index in [1.807, 2.05) is 68.4 Å². The number of rotatable bonds is 13. The molecule has 0 unspecified atom stereocenters. The van der Waals surface area contributed by atoms with E-state index in [1.54, 1.807) is 48.3 Å². The van der Waals surface area contributed by atoms with Gasteiger partial charge in [-0.3, -0.25) is 5.32 Å². The van der Waals surface area contributed by atoms with Crippen LogP contribution in [0.4, 0.5) is 27.9 Å². The normalized spacial score (nSPS) is 13.1. The van der Waals surface area contributed by atoms with Gasteiger partial charge in [0.05, 0.1) is 41.5 Å². The average Bonchev–Trinajstić information content (AvgIpc) is 3.93. The van der Waals surface area contributed by atoms with E-state index < -0.39 is 23.0 Å². The number of hydrogen-bond donors (Lipinski definition) is 3. The number of carbonyl (C=O) groups excluding carboxylic acids is 1. The van der Waals surface area contributed by atoms with E-state index in [0.29, 0.717) is 47.7 Å². The molecule has 55 heavy (non-hydrogen) atoms. The lowest BCUT2D eigenvalue weighted by atomic mass is 10.1. The third kappa shape index (κ3) is 8.82. The number of aromatic nitrogens is 4. The maximum absolute atomic E-state index is 13.6. The maximum Gasteiger partial charge on any atom is 0.324 e. The highest BCUT2D eigenvalue weighted by atomic mass is 32.2. The molecule has 0 spiro atoms. The third-order valence-electron chi connectivity index (χ3n) is 8.92. The van der Waals surface area contributed by atoms with E-state index in [0.717, 1.165) is 27.7 Å². The lowest BCUT2D eigenvalue weighted by molar-refractivity contribution is 0.262. The smallest absolute Gasteiger partial charge is 0.324 e. The number of fused-ring (bicyclic) bond motifs is 1. The molecular formula is C40H42N7O6PS. The molecule has 4 aromatic carbocycles. The predicted molar refractivity (Wildman–Crippen MR) is 216 cm³/mol. The Bertz CT molecular complexity index is 2570. The van der Waals surface area contributed by atoms with Crippen LogP contribution in [0.15, 0.2) is 102 Å². The van der Waals surface area contributed by atoms with Crippen molar-refractivity contribution in [2.24, 2.45) is 0 Å². The first-order chi connectivity index (χ1) is 26.3. The van der Waals surface area contributed by atoms with Crippen LogP contribution in [-0.2, 0) is 20.6 Å². The Kier molecular flexibility index (Phi) is 10.4. The van der Waals surface area contributed by atoms with Crippen LogP contribution in [0.25, 0.3) is 16.5 Å². The SMILES string of the molecule is COc1cc(Nc2nccc(Oc3ccc(NC(=O)Nc4cc(C(C)C)nn4-c4cccc(CP(C)(C)=O)c4)c4ccccc34)n2)cc(S(=O)(=O)C2CC2)c1. The van der Waals surface area contributed by atoms with Crippen molar-refractivity contribution in [1.82, 2.24) is 19.7 Å². The molecule has 1 aliphatic rings. The minimum atomic E-state index is -3.46. The zero-order valence-corrected chi connectivity index (χ0v) is 32.8. The van der Waals surface area contributed by atoms with Gasteiger partial charge in [0.25, 0.3) is 0 Å². The quantitative estimate of drug-likeness (QED) is 0.0962. The number of benzene rings is 4. The van der Waals surface area contributed by atoms with Crippen molar-refractivity contribution in [2.75, 3.05) is 36.4 Å². The minimum absolute atomic E-state index is 0.114. The van der Waals surface area contributed by atoms with Crippen LogP contribution in [0.3, 0.4) is 0 Å². The van der Waals surface area contributed by atoms with Gasteiger partial charge in [-0.2, -0.15) is 10.1 Å². The van der Waals surface area contributed by atoms with E-state index >= 15 is 0 Å². The molecule has 3 N–H and O–H groups in total. The molecule has 2 amide bonds. The van der Waals surface area contributed by atoms with Crippen molar-refractivity contribution in [3.05, 3.63) is 108 Å². The van der Waals surface area contributed by atoms with E-state index in [9.17, 15) is 17.8 Å². The summed E-state index contributed by atoms with van der Waals surface area (Å²) in [7, 11) is -4.28. The fraction of sp³-hybridized carbons (Fsp3) is 0.250. The van der Waals surface area contributed by atoms with Crippen LogP contribution >= 0.6 is 7.14 Å². The second-order valence-electron chi connectivity index (χ2n) is 14.2. The highest BCUT2D eigenvalue weighted by Gasteiger charge is 2.37. The number of amides is 2. The fourth-order valence-corrected chi connectivity index (χ4v) is 8.92. The number of sulfone groups is 1. The van der Waals surface area contributed by atoms with Crippen molar-refractivity contribution < 1.29 is 27.3 Å². The molecule has 2 heterocycles. The minimum Gasteiger partial charge on any atom is -0.497 e. The van der Waals surface area contributed by atoms with Gasteiger partial charge in [-0.25, -0.2) is 22.9 Å². The summed E-state index contributed by atoms with van der Waals surface area (Å²) in [6, 6.07) is 26.4. The highest BCUT2D eigenvalue weighted by molar-refractivity contribution is 7.92. The first kappa shape index (κ1) is 37.6. The maximum atomic E-state index is 13.6. The van der Waals surface area contributed by atoms with Crippen molar-refractivity contribution >= 4 is 56.9 Å². The van der Waals surface area contributed by atoms with E-state index in [2.05, 4.69) is 25.9 Å². The zero-order chi connectivity index (χ0) is 38.9. The second kappa shape index (κ2) is 15.2. The first-order valence-corrected chi connectivity index (χ1v) is 22.1. The number of anilines is 4. The van der Waals surface area contributed by atoms with Gasteiger partial charge < -0.3 is 24.7 Å². The van der Waals surface area contributed by atoms with Gasteiger partial charge in [-0.1, -0.05) is 50.2 Å². The van der Waals surface area contributed by atoms with Gasteiger partial charge in [0.2, 0.25) is 11.8 Å². The molecule has 284 valence electrons. The predicted octanol–water partition coefficient (Wildman–Crippen LogP) is 9.19. The van der Waals surface area contributed by atoms with Crippen LogP contribution in [-0.4, -0.2) is 59.9 Å². The molecule has 0 atom stereocenters. The Morgan fingerprint density at radius 2 is 1.73 bits per heavy atom. The summed E-state index contributed by atoms with van der Waals surface area (Å²) < 4.78 is 51.8. The number of ether oxygens (including phenoxy) is 2. The Morgan fingerprint density at radius 3 is 2.45 bits per heavy atom. The number of nitrogens with zero attached hydrogens (tertiary/aromatic N) is 4. The number of carbonyl (C=O) groups is 1. The Balaban J connectivity index is 1.10. The summed E-state index contributed by atoms with van der Waals surface area (Å²) in [5.74, 6) is 1.93. The molecule has 0 bridgehead atoms. The second-order valence-corrected chi connectivity index (χ2v) is 19.9. The number of nitrogens with one attached hydrogen (secondary N) is 3. The van der Waals surface area contributed by atoms with Crippen LogP contribution in [0.5, 0.6) is 17.4 Å². The largest absolute Gasteiger partial charge is 0.497 e. The van der Waals surface area contributed by atoms with Crippen LogP contribution in [0, 0.1) is 0 Å². The standard InChI is InChI=1S/C40H42N7O6PS/c1-25(2)35-23-37(47(46-35)28-10-8-9-26(19-28)24-54(4,5)49)44-40(48)43-34-15-16-36(33-12-7-6-11-32(33)34)53-38-17-18-41-39(45-38)42-27-20-29(52-3)22-31(21-27)55(50,51)30-13-14-30/h6-12,15-23,25,30H,13-14,24H2,1-5H3,(H,41,42,45)(H2,43,44,48).